The second kappa shape index (κ2) is 4.47. The van der Waals surface area contributed by atoms with Crippen molar-refractivity contribution in [3.63, 3.8) is 0 Å². The highest BCUT2D eigenvalue weighted by Crippen LogP contribution is 2.29. The molecule has 0 aromatic carbocycles. The number of esters is 2. The number of hydrogen-bond donors (Lipinski definition) is 1. The molecule has 0 spiro atoms. The van der Waals surface area contributed by atoms with Gasteiger partial charge in [0.15, 0.2) is 0 Å². The Bertz CT molecular complexity index is 350. The average Bonchev–Trinajstić information content (AvgIpc) is 2.55. The minimum atomic E-state index is -0.946. The SMILES string of the molecule is CCC(C)(C)C(=O)OC1CC(C)(C=N)OC1=O. The molecule has 1 fully saturated rings. The molecule has 1 rings (SSSR count). The van der Waals surface area contributed by atoms with Crippen molar-refractivity contribution in [3.05, 3.63) is 0 Å². The summed E-state index contributed by atoms with van der Waals surface area (Å²) >= 11 is 0. The van der Waals surface area contributed by atoms with Crippen LogP contribution in [0, 0.1) is 10.8 Å². The molecule has 5 nitrogen and oxygen atoms in total. The van der Waals surface area contributed by atoms with Gasteiger partial charge in [0.05, 0.1) is 5.41 Å². The standard InChI is InChI=1S/C12H19NO4/c1-5-11(2,3)10(15)16-8-6-12(4,7-13)17-9(8)14/h7-8,13H,5-6H2,1-4H3. The molecule has 1 N–H and O–H groups in total. The number of carbonyl (C=O) groups is 2. The molecule has 0 bridgehead atoms. The van der Waals surface area contributed by atoms with E-state index in [0.29, 0.717) is 6.42 Å². The largest absolute Gasteiger partial charge is 0.451 e. The summed E-state index contributed by atoms with van der Waals surface area (Å²) in [4.78, 5) is 23.3. The zero-order valence-electron chi connectivity index (χ0n) is 10.7. The van der Waals surface area contributed by atoms with Crippen LogP contribution < -0.4 is 0 Å². The highest BCUT2D eigenvalue weighted by Gasteiger charge is 2.45. The third kappa shape index (κ3) is 2.84. The van der Waals surface area contributed by atoms with Gasteiger partial charge >= 0.3 is 11.9 Å². The Labute approximate surface area is 101 Å². The molecule has 2 unspecified atom stereocenters. The predicted octanol–water partition coefficient (Wildman–Crippen LogP) is 1.69. The van der Waals surface area contributed by atoms with Gasteiger partial charge in [-0.15, -0.1) is 0 Å². The average molecular weight is 241 g/mol. The molecule has 17 heavy (non-hydrogen) atoms. The minimum Gasteiger partial charge on any atom is -0.451 e. The van der Waals surface area contributed by atoms with Gasteiger partial charge in [-0.2, -0.15) is 0 Å². The molecular formula is C12H19NO4. The highest BCUT2D eigenvalue weighted by molar-refractivity contribution is 5.86. The lowest BCUT2D eigenvalue weighted by Gasteiger charge is -2.22. The highest BCUT2D eigenvalue weighted by atomic mass is 16.6. The van der Waals surface area contributed by atoms with Crippen LogP contribution in [0.1, 0.15) is 40.5 Å². The van der Waals surface area contributed by atoms with Gasteiger partial charge < -0.3 is 14.9 Å². The molecule has 2 atom stereocenters. The predicted molar refractivity (Wildman–Crippen MR) is 61.8 cm³/mol. The molecule has 1 heterocycles. The maximum atomic E-state index is 11.8. The first-order valence-corrected chi connectivity index (χ1v) is 5.69. The van der Waals surface area contributed by atoms with Crippen molar-refractivity contribution >= 4 is 18.2 Å². The summed E-state index contributed by atoms with van der Waals surface area (Å²) in [5, 5.41) is 7.18. The lowest BCUT2D eigenvalue weighted by molar-refractivity contribution is -0.167. The topological polar surface area (TPSA) is 76.5 Å². The molecule has 1 aliphatic heterocycles. The lowest BCUT2D eigenvalue weighted by atomic mass is 9.90. The molecule has 0 aromatic heterocycles. The van der Waals surface area contributed by atoms with E-state index in [1.807, 2.05) is 6.92 Å². The fourth-order valence-corrected chi connectivity index (χ4v) is 1.40. The summed E-state index contributed by atoms with van der Waals surface area (Å²) in [5.74, 6) is -0.979. The summed E-state index contributed by atoms with van der Waals surface area (Å²) in [5.41, 5.74) is -1.55. The Morgan fingerprint density at radius 1 is 1.71 bits per heavy atom. The summed E-state index contributed by atoms with van der Waals surface area (Å²) < 4.78 is 10.2. The van der Waals surface area contributed by atoms with Crippen LogP contribution in [0.4, 0.5) is 0 Å². The third-order valence-electron chi connectivity index (χ3n) is 3.18. The fourth-order valence-electron chi connectivity index (χ4n) is 1.40. The molecule has 0 radical (unpaired) electrons. The summed E-state index contributed by atoms with van der Waals surface area (Å²) in [7, 11) is 0. The zero-order valence-corrected chi connectivity index (χ0v) is 10.7. The first-order valence-electron chi connectivity index (χ1n) is 5.69. The van der Waals surface area contributed by atoms with Gasteiger partial charge in [0.25, 0.3) is 0 Å². The second-order valence-corrected chi connectivity index (χ2v) is 5.21. The van der Waals surface area contributed by atoms with E-state index < -0.39 is 29.1 Å². The Balaban J connectivity index is 2.69. The van der Waals surface area contributed by atoms with Crippen LogP contribution in [0.2, 0.25) is 0 Å². The van der Waals surface area contributed by atoms with Crippen molar-refractivity contribution < 1.29 is 19.1 Å². The summed E-state index contributed by atoms with van der Waals surface area (Å²) in [6.45, 7) is 7.05. The van der Waals surface area contributed by atoms with Crippen molar-refractivity contribution in [2.75, 3.05) is 0 Å². The van der Waals surface area contributed by atoms with Crippen molar-refractivity contribution in [1.29, 1.82) is 5.41 Å². The van der Waals surface area contributed by atoms with Crippen LogP contribution in [0.5, 0.6) is 0 Å². The molecule has 0 saturated carbocycles. The van der Waals surface area contributed by atoms with Gasteiger partial charge in [-0.25, -0.2) is 4.79 Å². The van der Waals surface area contributed by atoms with E-state index in [-0.39, 0.29) is 6.42 Å². The van der Waals surface area contributed by atoms with Crippen molar-refractivity contribution in [1.82, 2.24) is 0 Å². The first kappa shape index (κ1) is 13.7. The molecular weight excluding hydrogens is 222 g/mol. The maximum absolute atomic E-state index is 11.8. The number of hydrogen-bond acceptors (Lipinski definition) is 5. The fraction of sp³-hybridized carbons (Fsp3) is 0.750. The molecule has 0 amide bonds. The van der Waals surface area contributed by atoms with Crippen LogP contribution >= 0.6 is 0 Å². The van der Waals surface area contributed by atoms with Crippen LogP contribution in [0.15, 0.2) is 0 Å². The van der Waals surface area contributed by atoms with E-state index in [9.17, 15) is 9.59 Å². The van der Waals surface area contributed by atoms with E-state index in [4.69, 9.17) is 14.9 Å². The normalized spacial score (nSPS) is 28.7. The van der Waals surface area contributed by atoms with Crippen molar-refractivity contribution in [2.24, 2.45) is 5.41 Å². The first-order chi connectivity index (χ1) is 7.74. The molecule has 0 aromatic rings. The number of cyclic esters (lactones) is 1. The monoisotopic (exact) mass is 241 g/mol. The Kier molecular flexibility index (Phi) is 3.59. The van der Waals surface area contributed by atoms with Crippen molar-refractivity contribution in [3.8, 4) is 0 Å². The van der Waals surface area contributed by atoms with Crippen LogP contribution in [-0.4, -0.2) is 29.9 Å². The molecule has 0 aliphatic carbocycles. The van der Waals surface area contributed by atoms with E-state index in [0.717, 1.165) is 6.21 Å². The lowest BCUT2D eigenvalue weighted by Crippen LogP contribution is -2.32. The number of rotatable bonds is 4. The number of carbonyl (C=O) groups excluding carboxylic acids is 2. The van der Waals surface area contributed by atoms with Crippen LogP contribution in [0.3, 0.4) is 0 Å². The van der Waals surface area contributed by atoms with Gasteiger partial charge in [-0.05, 0) is 27.2 Å². The maximum Gasteiger partial charge on any atom is 0.348 e. The van der Waals surface area contributed by atoms with E-state index in [1.54, 1.807) is 20.8 Å². The minimum absolute atomic E-state index is 0.209. The molecule has 96 valence electrons. The molecule has 1 aliphatic rings. The van der Waals surface area contributed by atoms with Crippen LogP contribution in [0.25, 0.3) is 0 Å². The molecule has 1 saturated heterocycles. The van der Waals surface area contributed by atoms with E-state index in [2.05, 4.69) is 0 Å². The van der Waals surface area contributed by atoms with Gasteiger partial charge in [-0.1, -0.05) is 6.92 Å². The van der Waals surface area contributed by atoms with Gasteiger partial charge in [0, 0.05) is 12.6 Å². The van der Waals surface area contributed by atoms with E-state index in [1.165, 1.54) is 0 Å². The van der Waals surface area contributed by atoms with Gasteiger partial charge in [-0.3, -0.25) is 4.79 Å². The second-order valence-electron chi connectivity index (χ2n) is 5.21. The quantitative estimate of drug-likeness (QED) is 0.600. The number of nitrogens with one attached hydrogen (secondary N) is 1. The summed E-state index contributed by atoms with van der Waals surface area (Å²) in [6, 6.07) is 0. The van der Waals surface area contributed by atoms with Crippen LogP contribution in [-0.2, 0) is 19.1 Å². The Hall–Kier alpha value is -1.39. The van der Waals surface area contributed by atoms with E-state index >= 15 is 0 Å². The Morgan fingerprint density at radius 2 is 2.29 bits per heavy atom. The smallest absolute Gasteiger partial charge is 0.348 e. The van der Waals surface area contributed by atoms with Gasteiger partial charge in [0.1, 0.15) is 5.60 Å². The zero-order chi connectivity index (χ0) is 13.3. The van der Waals surface area contributed by atoms with Crippen molar-refractivity contribution in [2.45, 2.75) is 52.2 Å². The number of ether oxygens (including phenoxy) is 2. The molecule has 5 heteroatoms. The third-order valence-corrected chi connectivity index (χ3v) is 3.18. The van der Waals surface area contributed by atoms with Gasteiger partial charge in [0.2, 0.25) is 6.10 Å². The Morgan fingerprint density at radius 3 is 2.71 bits per heavy atom. The summed E-state index contributed by atoms with van der Waals surface area (Å²) in [6.07, 6.45) is 1.01.